The molecule has 2 aromatic heterocycles. The highest BCUT2D eigenvalue weighted by Crippen LogP contribution is 2.31. The van der Waals surface area contributed by atoms with Crippen molar-refractivity contribution in [2.24, 2.45) is 7.05 Å². The molecule has 0 N–H and O–H groups in total. The topological polar surface area (TPSA) is 61.9 Å². The highest BCUT2D eigenvalue weighted by Gasteiger charge is 2.18. The molecule has 41 heavy (non-hydrogen) atoms. The van der Waals surface area contributed by atoms with Crippen LogP contribution in [0.5, 0.6) is 0 Å². The van der Waals surface area contributed by atoms with Gasteiger partial charge < -0.3 is 13.9 Å². The first-order valence-electron chi connectivity index (χ1n) is 13.7. The van der Waals surface area contributed by atoms with Crippen LogP contribution < -0.4 is 0 Å². The number of carbonyl (C=O) groups excluding carboxylic acids is 1. The number of methoxy groups -OCH3 is 1. The van der Waals surface area contributed by atoms with E-state index >= 15 is 0 Å². The Hall–Kier alpha value is -4.42. The van der Waals surface area contributed by atoms with E-state index in [0.717, 1.165) is 68.8 Å². The fraction of sp³-hybridized carbons (Fsp3) is 0.206. The number of hydrogen-bond acceptors (Lipinski definition) is 4. The van der Waals surface area contributed by atoms with Gasteiger partial charge in [-0.05, 0) is 65.9 Å². The monoisotopic (exact) mass is 564 g/mol. The van der Waals surface area contributed by atoms with Crippen molar-refractivity contribution in [1.82, 2.24) is 19.1 Å². The number of fused-ring (bicyclic) bond motifs is 2. The number of carbonyl (C=O) groups is 1. The zero-order valence-corrected chi connectivity index (χ0v) is 24.5. The molecule has 0 atom stereocenters. The van der Waals surface area contributed by atoms with Gasteiger partial charge in [-0.1, -0.05) is 61.5 Å². The minimum atomic E-state index is -0.333. The number of nitrogens with zero attached hydrogens (tertiary/aromatic N) is 4. The van der Waals surface area contributed by atoms with E-state index in [1.165, 1.54) is 12.7 Å². The molecular formula is C34H33ClN4O2. The molecule has 6 nitrogen and oxygen atoms in total. The van der Waals surface area contributed by atoms with Gasteiger partial charge in [0.15, 0.2) is 0 Å². The highest BCUT2D eigenvalue weighted by atomic mass is 35.5. The number of benzene rings is 4. The summed E-state index contributed by atoms with van der Waals surface area (Å²) < 4.78 is 9.49. The van der Waals surface area contributed by atoms with Crippen molar-refractivity contribution in [1.29, 1.82) is 0 Å². The maximum atomic E-state index is 12.3. The third-order valence-electron chi connectivity index (χ3n) is 7.58. The summed E-state index contributed by atoms with van der Waals surface area (Å²) in [5.74, 6) is 1.70. The van der Waals surface area contributed by atoms with Crippen LogP contribution in [0, 0.1) is 6.92 Å². The van der Waals surface area contributed by atoms with E-state index in [1.807, 2.05) is 30.3 Å². The number of esters is 1. The van der Waals surface area contributed by atoms with Crippen molar-refractivity contribution in [2.45, 2.75) is 33.2 Å². The van der Waals surface area contributed by atoms with Gasteiger partial charge in [0.2, 0.25) is 0 Å². The average Bonchev–Trinajstić information content (AvgIpc) is 3.50. The lowest BCUT2D eigenvalue weighted by Crippen LogP contribution is -2.06. The largest absolute Gasteiger partial charge is 0.465 e. The first kappa shape index (κ1) is 28.1. The van der Waals surface area contributed by atoms with Gasteiger partial charge in [-0.2, -0.15) is 0 Å². The first-order valence-corrected chi connectivity index (χ1v) is 13.7. The molecule has 4 aromatic carbocycles. The maximum Gasteiger partial charge on any atom is 0.338 e. The lowest BCUT2D eigenvalue weighted by atomic mass is 9.98. The fourth-order valence-electron chi connectivity index (χ4n) is 5.56. The Morgan fingerprint density at radius 3 is 2.34 bits per heavy atom. The van der Waals surface area contributed by atoms with Gasteiger partial charge >= 0.3 is 5.97 Å². The Kier molecular flexibility index (Phi) is 7.95. The van der Waals surface area contributed by atoms with Gasteiger partial charge in [0, 0.05) is 25.6 Å². The quantitative estimate of drug-likeness (QED) is 0.186. The molecule has 6 rings (SSSR count). The van der Waals surface area contributed by atoms with Gasteiger partial charge in [0.25, 0.3) is 0 Å². The first-order chi connectivity index (χ1) is 19.5. The van der Waals surface area contributed by atoms with Crippen LogP contribution in [0.15, 0.2) is 84.9 Å². The van der Waals surface area contributed by atoms with Crippen molar-refractivity contribution >= 4 is 40.4 Å². The minimum absolute atomic E-state index is 0. The van der Waals surface area contributed by atoms with Crippen molar-refractivity contribution in [2.75, 3.05) is 7.11 Å². The molecule has 0 aliphatic heterocycles. The molecule has 0 saturated carbocycles. The number of ether oxygens (including phenoxy) is 1. The Bertz CT molecular complexity index is 1870. The molecule has 0 unspecified atom stereocenters. The van der Waals surface area contributed by atoms with E-state index in [9.17, 15) is 4.79 Å². The standard InChI is InChI=1S/C34H32N4O2.ClH/c1-5-10-31-36-32-22(2)19-25(33-35-28-13-8-9-14-29(28)37(33)3)20-30(32)38(31)21-23-15-17-24(18-16-23)26-11-6-7-12-27(26)34(39)40-4;/h6-9,11-20H,5,10,21H2,1-4H3;1H. The molecule has 0 bridgehead atoms. The molecule has 0 amide bonds. The number of para-hydroxylation sites is 2. The molecule has 0 fully saturated rings. The van der Waals surface area contributed by atoms with Crippen LogP contribution in [0.4, 0.5) is 0 Å². The van der Waals surface area contributed by atoms with E-state index in [1.54, 1.807) is 6.07 Å². The van der Waals surface area contributed by atoms with Crippen LogP contribution in [0.25, 0.3) is 44.6 Å². The van der Waals surface area contributed by atoms with Crippen LogP contribution in [0.3, 0.4) is 0 Å². The number of aromatic nitrogens is 4. The normalized spacial score (nSPS) is 11.1. The minimum Gasteiger partial charge on any atom is -0.465 e. The Morgan fingerprint density at radius 2 is 1.61 bits per heavy atom. The number of rotatable bonds is 7. The zero-order valence-electron chi connectivity index (χ0n) is 23.7. The Labute approximate surface area is 246 Å². The highest BCUT2D eigenvalue weighted by molar-refractivity contribution is 5.97. The van der Waals surface area contributed by atoms with Crippen molar-refractivity contribution in [3.63, 3.8) is 0 Å². The molecule has 2 heterocycles. The third kappa shape index (κ3) is 5.11. The van der Waals surface area contributed by atoms with Crippen LogP contribution in [0.2, 0.25) is 0 Å². The van der Waals surface area contributed by atoms with Crippen LogP contribution in [-0.4, -0.2) is 32.2 Å². The van der Waals surface area contributed by atoms with Gasteiger partial charge in [-0.25, -0.2) is 14.8 Å². The Morgan fingerprint density at radius 1 is 0.878 bits per heavy atom. The lowest BCUT2D eigenvalue weighted by Gasteiger charge is -2.12. The van der Waals surface area contributed by atoms with E-state index in [0.29, 0.717) is 12.1 Å². The SMILES string of the molecule is CCCc1nc2c(C)cc(-c3nc4ccccc4n3C)cc2n1Cc1ccc(-c2ccccc2C(=O)OC)cc1.Cl. The predicted octanol–water partition coefficient (Wildman–Crippen LogP) is 7.77. The fourth-order valence-corrected chi connectivity index (χ4v) is 5.56. The molecule has 0 radical (unpaired) electrons. The second-order valence-electron chi connectivity index (χ2n) is 10.2. The molecule has 7 heteroatoms. The summed E-state index contributed by atoms with van der Waals surface area (Å²) in [5.41, 5.74) is 10.1. The summed E-state index contributed by atoms with van der Waals surface area (Å²) in [6, 6.07) is 28.6. The smallest absolute Gasteiger partial charge is 0.338 e. The van der Waals surface area contributed by atoms with E-state index in [-0.39, 0.29) is 18.4 Å². The van der Waals surface area contributed by atoms with Gasteiger partial charge in [0.05, 0.1) is 34.7 Å². The molecule has 208 valence electrons. The molecule has 0 aliphatic carbocycles. The van der Waals surface area contributed by atoms with Crippen LogP contribution in [0.1, 0.15) is 40.7 Å². The van der Waals surface area contributed by atoms with Crippen molar-refractivity contribution in [3.05, 3.63) is 107 Å². The van der Waals surface area contributed by atoms with Crippen molar-refractivity contribution < 1.29 is 9.53 Å². The maximum absolute atomic E-state index is 12.3. The molecular weight excluding hydrogens is 532 g/mol. The van der Waals surface area contributed by atoms with Gasteiger partial charge in [-0.15, -0.1) is 12.4 Å². The van der Waals surface area contributed by atoms with E-state index in [4.69, 9.17) is 14.7 Å². The summed E-state index contributed by atoms with van der Waals surface area (Å²) in [5, 5.41) is 0. The number of aryl methyl sites for hydroxylation is 3. The third-order valence-corrected chi connectivity index (χ3v) is 7.58. The second kappa shape index (κ2) is 11.6. The molecule has 0 saturated heterocycles. The molecule has 0 spiro atoms. The van der Waals surface area contributed by atoms with Crippen LogP contribution >= 0.6 is 12.4 Å². The zero-order chi connectivity index (χ0) is 27.8. The summed E-state index contributed by atoms with van der Waals surface area (Å²) in [6.45, 7) is 5.03. The number of imidazole rings is 2. The Balaban J connectivity index is 0.00000337. The molecule has 6 aromatic rings. The summed E-state index contributed by atoms with van der Waals surface area (Å²) in [4.78, 5) is 22.3. The second-order valence-corrected chi connectivity index (χ2v) is 10.2. The van der Waals surface area contributed by atoms with Gasteiger partial charge in [0.1, 0.15) is 11.6 Å². The van der Waals surface area contributed by atoms with Crippen LogP contribution in [-0.2, 0) is 24.8 Å². The van der Waals surface area contributed by atoms with Gasteiger partial charge in [-0.3, -0.25) is 0 Å². The summed E-state index contributed by atoms with van der Waals surface area (Å²) >= 11 is 0. The predicted molar refractivity (Wildman–Crippen MR) is 168 cm³/mol. The number of hydrogen-bond donors (Lipinski definition) is 0. The van der Waals surface area contributed by atoms with E-state index in [2.05, 4.69) is 78.6 Å². The summed E-state index contributed by atoms with van der Waals surface area (Å²) in [7, 11) is 3.48. The molecule has 0 aliphatic rings. The van der Waals surface area contributed by atoms with E-state index < -0.39 is 0 Å². The van der Waals surface area contributed by atoms with Crippen molar-refractivity contribution in [3.8, 4) is 22.5 Å². The number of halogens is 1. The summed E-state index contributed by atoms with van der Waals surface area (Å²) in [6.07, 6.45) is 1.92. The average molecular weight is 565 g/mol. The lowest BCUT2D eigenvalue weighted by molar-refractivity contribution is 0.0601.